The lowest BCUT2D eigenvalue weighted by Gasteiger charge is -2.25. The molecule has 0 bridgehead atoms. The van der Waals surface area contributed by atoms with Crippen LogP contribution in [0.4, 0.5) is 0 Å². The largest absolute Gasteiger partial charge is 0.493 e. The first-order chi connectivity index (χ1) is 20.4. The van der Waals surface area contributed by atoms with E-state index in [9.17, 15) is 9.59 Å². The van der Waals surface area contributed by atoms with E-state index in [0.29, 0.717) is 56.6 Å². The summed E-state index contributed by atoms with van der Waals surface area (Å²) in [6.07, 6.45) is 1.82. The van der Waals surface area contributed by atoms with Gasteiger partial charge in [-0.15, -0.1) is 0 Å². The standard InChI is InChI=1S/C33H32N2O6S/c1-5-39-27-19-24(15-16-26(27)38-4)30-29(32(37)40-6-2)21(3)34-33-35(30)31(36)28(42-33)18-23-13-10-14-25(17-23)41-20-22-11-8-7-9-12-22/h7-19,30H,5-6,20H2,1-4H3/b28-18+/t30-/m0/s1. The zero-order valence-corrected chi connectivity index (χ0v) is 24.8. The molecule has 0 amide bonds. The number of rotatable bonds is 10. The summed E-state index contributed by atoms with van der Waals surface area (Å²) in [5.74, 6) is 1.25. The van der Waals surface area contributed by atoms with E-state index in [4.69, 9.17) is 18.9 Å². The van der Waals surface area contributed by atoms with Crippen molar-refractivity contribution < 1.29 is 23.7 Å². The SMILES string of the molecule is CCOC(=O)C1=C(C)N=c2s/c(=C/c3cccc(OCc4ccccc4)c3)c(=O)n2[C@H]1c1ccc(OC)c(OCC)c1. The molecule has 1 aromatic heterocycles. The molecule has 42 heavy (non-hydrogen) atoms. The van der Waals surface area contributed by atoms with Crippen LogP contribution in [0, 0.1) is 0 Å². The summed E-state index contributed by atoms with van der Waals surface area (Å²) in [5.41, 5.74) is 3.10. The van der Waals surface area contributed by atoms with E-state index in [-0.39, 0.29) is 12.2 Å². The average Bonchev–Trinajstić information content (AvgIpc) is 3.30. The van der Waals surface area contributed by atoms with Gasteiger partial charge in [0, 0.05) is 0 Å². The fourth-order valence-electron chi connectivity index (χ4n) is 4.82. The van der Waals surface area contributed by atoms with Gasteiger partial charge in [-0.1, -0.05) is 59.9 Å². The Morgan fingerprint density at radius 3 is 2.52 bits per heavy atom. The Bertz CT molecular complexity index is 1810. The fourth-order valence-corrected chi connectivity index (χ4v) is 5.87. The third-order valence-corrected chi connectivity index (χ3v) is 7.71. The maximum Gasteiger partial charge on any atom is 0.338 e. The highest BCUT2D eigenvalue weighted by molar-refractivity contribution is 7.07. The van der Waals surface area contributed by atoms with Crippen LogP contribution in [0.5, 0.6) is 17.2 Å². The van der Waals surface area contributed by atoms with Crippen molar-refractivity contribution in [1.29, 1.82) is 0 Å². The predicted octanol–water partition coefficient (Wildman–Crippen LogP) is 4.78. The van der Waals surface area contributed by atoms with Gasteiger partial charge in [0.1, 0.15) is 12.4 Å². The van der Waals surface area contributed by atoms with Crippen LogP contribution < -0.4 is 29.1 Å². The van der Waals surface area contributed by atoms with Gasteiger partial charge in [0.25, 0.3) is 5.56 Å². The van der Waals surface area contributed by atoms with Crippen LogP contribution in [-0.4, -0.2) is 30.9 Å². The molecule has 8 nitrogen and oxygen atoms in total. The van der Waals surface area contributed by atoms with E-state index in [2.05, 4.69) is 4.99 Å². The number of ether oxygens (including phenoxy) is 4. The Labute approximate surface area is 247 Å². The van der Waals surface area contributed by atoms with Crippen molar-refractivity contribution in [3.63, 3.8) is 0 Å². The number of thiazole rings is 1. The van der Waals surface area contributed by atoms with Gasteiger partial charge in [-0.25, -0.2) is 9.79 Å². The summed E-state index contributed by atoms with van der Waals surface area (Å²) in [6, 6.07) is 22.2. The molecule has 0 fully saturated rings. The predicted molar refractivity (Wildman–Crippen MR) is 162 cm³/mol. The number of hydrogen-bond acceptors (Lipinski definition) is 8. The molecule has 1 aliphatic heterocycles. The van der Waals surface area contributed by atoms with Crippen LogP contribution in [-0.2, 0) is 16.1 Å². The van der Waals surface area contributed by atoms with Gasteiger partial charge in [0.05, 0.1) is 42.2 Å². The van der Waals surface area contributed by atoms with Crippen molar-refractivity contribution in [2.24, 2.45) is 4.99 Å². The van der Waals surface area contributed by atoms with E-state index >= 15 is 0 Å². The number of aromatic nitrogens is 1. The van der Waals surface area contributed by atoms with E-state index in [1.54, 1.807) is 37.7 Å². The lowest BCUT2D eigenvalue weighted by atomic mass is 9.95. The van der Waals surface area contributed by atoms with Crippen molar-refractivity contribution in [2.45, 2.75) is 33.4 Å². The molecule has 0 spiro atoms. The van der Waals surface area contributed by atoms with Crippen molar-refractivity contribution >= 4 is 23.4 Å². The highest BCUT2D eigenvalue weighted by Gasteiger charge is 2.34. The number of esters is 1. The highest BCUT2D eigenvalue weighted by Crippen LogP contribution is 2.36. The topological polar surface area (TPSA) is 88.4 Å². The Hall–Kier alpha value is -4.63. The summed E-state index contributed by atoms with van der Waals surface area (Å²) in [6.45, 7) is 6.45. The van der Waals surface area contributed by atoms with E-state index in [1.165, 1.54) is 11.3 Å². The van der Waals surface area contributed by atoms with Crippen LogP contribution in [0.1, 0.15) is 43.5 Å². The first-order valence-electron chi connectivity index (χ1n) is 13.7. The summed E-state index contributed by atoms with van der Waals surface area (Å²) in [4.78, 5) is 32.4. The molecule has 4 aromatic rings. The second-order valence-corrected chi connectivity index (χ2v) is 10.5. The second-order valence-electron chi connectivity index (χ2n) is 9.49. The number of methoxy groups -OCH3 is 1. The molecule has 0 radical (unpaired) electrons. The minimum absolute atomic E-state index is 0.197. The van der Waals surface area contributed by atoms with Crippen molar-refractivity contribution in [1.82, 2.24) is 4.57 Å². The maximum absolute atomic E-state index is 14.0. The molecule has 0 unspecified atom stereocenters. The van der Waals surface area contributed by atoms with Crippen molar-refractivity contribution in [3.05, 3.63) is 120 Å². The summed E-state index contributed by atoms with van der Waals surface area (Å²) in [7, 11) is 1.57. The van der Waals surface area contributed by atoms with Gasteiger partial charge < -0.3 is 18.9 Å². The van der Waals surface area contributed by atoms with Crippen LogP contribution in [0.25, 0.3) is 6.08 Å². The normalized spacial score (nSPS) is 14.7. The molecule has 1 atom stereocenters. The van der Waals surface area contributed by atoms with Crippen LogP contribution in [0.15, 0.2) is 93.9 Å². The Morgan fingerprint density at radius 1 is 0.976 bits per heavy atom. The lowest BCUT2D eigenvalue weighted by Crippen LogP contribution is -2.40. The fraction of sp³-hybridized carbons (Fsp3) is 0.242. The van der Waals surface area contributed by atoms with Gasteiger partial charge in [-0.3, -0.25) is 9.36 Å². The zero-order valence-electron chi connectivity index (χ0n) is 24.0. The number of hydrogen-bond donors (Lipinski definition) is 0. The van der Waals surface area contributed by atoms with Crippen LogP contribution in [0.3, 0.4) is 0 Å². The van der Waals surface area contributed by atoms with Gasteiger partial charge >= 0.3 is 5.97 Å². The second kappa shape index (κ2) is 12.9. The van der Waals surface area contributed by atoms with Crippen molar-refractivity contribution in [3.8, 4) is 17.2 Å². The Balaban J connectivity index is 1.59. The zero-order chi connectivity index (χ0) is 29.6. The average molecular weight is 585 g/mol. The molecule has 2 heterocycles. The molecule has 0 aliphatic carbocycles. The molecule has 0 N–H and O–H groups in total. The number of carbonyl (C=O) groups excluding carboxylic acids is 1. The number of carbonyl (C=O) groups is 1. The van der Waals surface area contributed by atoms with Crippen molar-refractivity contribution in [2.75, 3.05) is 20.3 Å². The van der Waals surface area contributed by atoms with Gasteiger partial charge in [0.2, 0.25) is 0 Å². The molecule has 1 aliphatic rings. The molecule has 0 saturated heterocycles. The Kier molecular flexibility index (Phi) is 8.88. The maximum atomic E-state index is 14.0. The summed E-state index contributed by atoms with van der Waals surface area (Å²) in [5, 5.41) is 0. The third-order valence-electron chi connectivity index (χ3n) is 6.72. The first kappa shape index (κ1) is 28.9. The lowest BCUT2D eigenvalue weighted by molar-refractivity contribution is -0.139. The number of nitrogens with zero attached hydrogens (tertiary/aromatic N) is 2. The van der Waals surface area contributed by atoms with Gasteiger partial charge in [-0.2, -0.15) is 0 Å². The van der Waals surface area contributed by atoms with E-state index < -0.39 is 12.0 Å². The molecule has 3 aromatic carbocycles. The molecular formula is C33H32N2O6S. The number of fused-ring (bicyclic) bond motifs is 1. The monoisotopic (exact) mass is 584 g/mol. The molecule has 9 heteroatoms. The third kappa shape index (κ3) is 6.01. The summed E-state index contributed by atoms with van der Waals surface area (Å²) < 4.78 is 24.7. The van der Waals surface area contributed by atoms with Gasteiger partial charge in [0.15, 0.2) is 16.3 Å². The first-order valence-corrected chi connectivity index (χ1v) is 14.5. The van der Waals surface area contributed by atoms with Crippen LogP contribution >= 0.6 is 11.3 Å². The smallest absolute Gasteiger partial charge is 0.338 e. The number of allylic oxidation sites excluding steroid dienone is 1. The number of benzene rings is 3. The van der Waals surface area contributed by atoms with Crippen LogP contribution in [0.2, 0.25) is 0 Å². The van der Waals surface area contributed by atoms with E-state index in [0.717, 1.165) is 11.1 Å². The Morgan fingerprint density at radius 2 is 1.79 bits per heavy atom. The van der Waals surface area contributed by atoms with E-state index in [1.807, 2.05) is 73.7 Å². The van der Waals surface area contributed by atoms with Gasteiger partial charge in [-0.05, 0) is 67.8 Å². The highest BCUT2D eigenvalue weighted by atomic mass is 32.1. The quantitative estimate of drug-likeness (QED) is 0.249. The molecule has 216 valence electrons. The molecular weight excluding hydrogens is 552 g/mol. The molecule has 0 saturated carbocycles. The summed E-state index contributed by atoms with van der Waals surface area (Å²) >= 11 is 1.27. The minimum atomic E-state index is -0.756. The minimum Gasteiger partial charge on any atom is -0.493 e. The molecule has 5 rings (SSSR count).